The van der Waals surface area contributed by atoms with Gasteiger partial charge in [0.2, 0.25) is 5.91 Å². The molecule has 5 heteroatoms. The molecule has 2 aliphatic rings. The highest BCUT2D eigenvalue weighted by Crippen LogP contribution is 2.30. The second-order valence-corrected chi connectivity index (χ2v) is 7.15. The Morgan fingerprint density at radius 1 is 0.963 bits per heavy atom. The van der Waals surface area contributed by atoms with Crippen LogP contribution in [-0.4, -0.2) is 34.3 Å². The molecular weight excluding hydrogens is 338 g/mol. The van der Waals surface area contributed by atoms with Gasteiger partial charge in [0.15, 0.2) is 0 Å². The minimum absolute atomic E-state index is 0.123. The second kappa shape index (κ2) is 6.28. The Morgan fingerprint density at radius 3 is 2.70 bits per heavy atom. The average Bonchev–Trinajstić information content (AvgIpc) is 3.01. The molecule has 3 heterocycles. The SMILES string of the molecule is O=C1CC(N2CCc3ncccc3C2)C(=O)N1c1ccc2ccccc2c1. The number of carbonyl (C=O) groups excluding carboxylic acids is 2. The van der Waals surface area contributed by atoms with E-state index < -0.39 is 6.04 Å². The van der Waals surface area contributed by atoms with E-state index in [-0.39, 0.29) is 18.2 Å². The third-order valence-electron chi connectivity index (χ3n) is 5.55. The van der Waals surface area contributed by atoms with Crippen LogP contribution < -0.4 is 4.90 Å². The van der Waals surface area contributed by atoms with E-state index >= 15 is 0 Å². The highest BCUT2D eigenvalue weighted by molar-refractivity contribution is 6.22. The monoisotopic (exact) mass is 357 g/mol. The summed E-state index contributed by atoms with van der Waals surface area (Å²) >= 11 is 0. The molecule has 0 bridgehead atoms. The number of benzene rings is 2. The molecule has 134 valence electrons. The fraction of sp³-hybridized carbons (Fsp3) is 0.227. The number of pyridine rings is 1. The maximum Gasteiger partial charge on any atom is 0.251 e. The summed E-state index contributed by atoms with van der Waals surface area (Å²) < 4.78 is 0. The Bertz CT molecular complexity index is 1060. The van der Waals surface area contributed by atoms with E-state index in [1.54, 1.807) is 6.20 Å². The fourth-order valence-electron chi connectivity index (χ4n) is 4.14. The van der Waals surface area contributed by atoms with Crippen LogP contribution >= 0.6 is 0 Å². The fourth-order valence-corrected chi connectivity index (χ4v) is 4.14. The van der Waals surface area contributed by atoms with Crippen molar-refractivity contribution in [2.24, 2.45) is 0 Å². The minimum Gasteiger partial charge on any atom is -0.287 e. The first-order chi connectivity index (χ1) is 13.2. The molecule has 3 aromatic rings. The largest absolute Gasteiger partial charge is 0.287 e. The number of hydrogen-bond donors (Lipinski definition) is 0. The van der Waals surface area contributed by atoms with Crippen LogP contribution in [0.15, 0.2) is 60.8 Å². The Morgan fingerprint density at radius 2 is 1.81 bits per heavy atom. The molecule has 0 radical (unpaired) electrons. The van der Waals surface area contributed by atoms with Crippen LogP contribution in [0.3, 0.4) is 0 Å². The molecule has 1 saturated heterocycles. The number of fused-ring (bicyclic) bond motifs is 2. The zero-order valence-electron chi connectivity index (χ0n) is 14.8. The van der Waals surface area contributed by atoms with Gasteiger partial charge in [-0.15, -0.1) is 0 Å². The summed E-state index contributed by atoms with van der Waals surface area (Å²) in [6, 6.07) is 17.3. The summed E-state index contributed by atoms with van der Waals surface area (Å²) in [4.78, 5) is 33.7. The first-order valence-electron chi connectivity index (χ1n) is 9.23. The molecule has 1 unspecified atom stereocenters. The molecule has 1 aromatic heterocycles. The molecule has 2 aliphatic heterocycles. The summed E-state index contributed by atoms with van der Waals surface area (Å²) in [5.41, 5.74) is 2.90. The van der Waals surface area contributed by atoms with Crippen molar-refractivity contribution in [3.8, 4) is 0 Å². The first kappa shape index (κ1) is 16.1. The summed E-state index contributed by atoms with van der Waals surface area (Å²) in [6.45, 7) is 1.41. The van der Waals surface area contributed by atoms with Crippen molar-refractivity contribution in [3.05, 3.63) is 72.1 Å². The standard InChI is InChI=1S/C22H19N3O2/c26-21-13-20(24-11-9-19-17(14-24)6-3-10-23-19)22(27)25(21)18-8-7-15-4-1-2-5-16(15)12-18/h1-8,10,12,20H,9,11,13-14H2. The van der Waals surface area contributed by atoms with Gasteiger partial charge in [0.25, 0.3) is 5.91 Å². The van der Waals surface area contributed by atoms with Crippen molar-refractivity contribution < 1.29 is 9.59 Å². The van der Waals surface area contributed by atoms with Crippen LogP contribution in [0.25, 0.3) is 10.8 Å². The second-order valence-electron chi connectivity index (χ2n) is 7.15. The highest BCUT2D eigenvalue weighted by Gasteiger charge is 2.43. The number of carbonyl (C=O) groups is 2. The predicted octanol–water partition coefficient (Wildman–Crippen LogP) is 2.93. The lowest BCUT2D eigenvalue weighted by Gasteiger charge is -2.31. The molecule has 2 aromatic carbocycles. The zero-order valence-corrected chi connectivity index (χ0v) is 14.8. The van der Waals surface area contributed by atoms with Gasteiger partial charge in [0.05, 0.1) is 18.2 Å². The van der Waals surface area contributed by atoms with Crippen LogP contribution in [0.1, 0.15) is 17.7 Å². The van der Waals surface area contributed by atoms with Crippen LogP contribution in [0, 0.1) is 0 Å². The van der Waals surface area contributed by atoms with Gasteiger partial charge >= 0.3 is 0 Å². The Kier molecular flexibility index (Phi) is 3.76. The topological polar surface area (TPSA) is 53.5 Å². The van der Waals surface area contributed by atoms with E-state index in [0.29, 0.717) is 12.2 Å². The van der Waals surface area contributed by atoms with Gasteiger partial charge in [-0.2, -0.15) is 0 Å². The quantitative estimate of drug-likeness (QED) is 0.662. The van der Waals surface area contributed by atoms with Crippen molar-refractivity contribution in [1.82, 2.24) is 9.88 Å². The van der Waals surface area contributed by atoms with Crippen LogP contribution in [0.5, 0.6) is 0 Å². The lowest BCUT2D eigenvalue weighted by Crippen LogP contribution is -2.44. The van der Waals surface area contributed by atoms with Gasteiger partial charge in [0, 0.05) is 31.4 Å². The van der Waals surface area contributed by atoms with Gasteiger partial charge in [-0.3, -0.25) is 19.5 Å². The Balaban J connectivity index is 1.43. The van der Waals surface area contributed by atoms with E-state index in [1.807, 2.05) is 48.5 Å². The summed E-state index contributed by atoms with van der Waals surface area (Å²) in [5, 5.41) is 2.12. The lowest BCUT2D eigenvalue weighted by atomic mass is 10.0. The molecule has 0 spiro atoms. The molecule has 0 aliphatic carbocycles. The Labute approximate surface area is 157 Å². The molecule has 1 atom stereocenters. The maximum atomic E-state index is 13.1. The highest BCUT2D eigenvalue weighted by atomic mass is 16.2. The molecule has 1 fully saturated rings. The number of aromatic nitrogens is 1. The van der Waals surface area contributed by atoms with Crippen molar-refractivity contribution in [3.63, 3.8) is 0 Å². The van der Waals surface area contributed by atoms with E-state index in [4.69, 9.17) is 0 Å². The number of rotatable bonds is 2. The molecule has 5 rings (SSSR count). The van der Waals surface area contributed by atoms with Crippen molar-refractivity contribution in [1.29, 1.82) is 0 Å². The van der Waals surface area contributed by atoms with Crippen molar-refractivity contribution in [2.75, 3.05) is 11.4 Å². The van der Waals surface area contributed by atoms with Crippen LogP contribution in [0.4, 0.5) is 5.69 Å². The van der Waals surface area contributed by atoms with Gasteiger partial charge in [0.1, 0.15) is 0 Å². The number of anilines is 1. The number of imide groups is 1. The van der Waals surface area contributed by atoms with Crippen LogP contribution in [0.2, 0.25) is 0 Å². The van der Waals surface area contributed by atoms with E-state index in [0.717, 1.165) is 35.0 Å². The van der Waals surface area contributed by atoms with Crippen LogP contribution in [-0.2, 0) is 22.6 Å². The van der Waals surface area contributed by atoms with Gasteiger partial charge in [-0.25, -0.2) is 4.90 Å². The summed E-state index contributed by atoms with van der Waals surface area (Å²) in [7, 11) is 0. The zero-order chi connectivity index (χ0) is 18.4. The molecule has 2 amide bonds. The third-order valence-corrected chi connectivity index (χ3v) is 5.55. The number of nitrogens with zero attached hydrogens (tertiary/aromatic N) is 3. The number of hydrogen-bond acceptors (Lipinski definition) is 4. The minimum atomic E-state index is -0.391. The van der Waals surface area contributed by atoms with Crippen molar-refractivity contribution >= 4 is 28.3 Å². The molecule has 0 saturated carbocycles. The van der Waals surface area contributed by atoms with Gasteiger partial charge < -0.3 is 0 Å². The summed E-state index contributed by atoms with van der Waals surface area (Å²) in [6.07, 6.45) is 2.85. The van der Waals surface area contributed by atoms with E-state index in [9.17, 15) is 9.59 Å². The van der Waals surface area contributed by atoms with Gasteiger partial charge in [-0.05, 0) is 34.5 Å². The van der Waals surface area contributed by atoms with Gasteiger partial charge in [-0.1, -0.05) is 36.4 Å². The van der Waals surface area contributed by atoms with E-state index in [2.05, 4.69) is 16.0 Å². The smallest absolute Gasteiger partial charge is 0.251 e. The summed E-state index contributed by atoms with van der Waals surface area (Å²) in [5.74, 6) is -0.250. The van der Waals surface area contributed by atoms with Crippen molar-refractivity contribution in [2.45, 2.75) is 25.4 Å². The lowest BCUT2D eigenvalue weighted by molar-refractivity contribution is -0.123. The molecule has 27 heavy (non-hydrogen) atoms. The number of amides is 2. The molecule has 5 nitrogen and oxygen atoms in total. The third kappa shape index (κ3) is 2.71. The van der Waals surface area contributed by atoms with E-state index in [1.165, 1.54) is 4.90 Å². The maximum absolute atomic E-state index is 13.1. The molecule has 0 N–H and O–H groups in total. The normalized spacial score (nSPS) is 20.3. The Hall–Kier alpha value is -3.05. The average molecular weight is 357 g/mol. The molecular formula is C22H19N3O2. The predicted molar refractivity (Wildman–Crippen MR) is 103 cm³/mol. The first-order valence-corrected chi connectivity index (χ1v) is 9.23.